The molecule has 3 rings (SSSR count). The standard InChI is InChI=1S/C24H25BrClN3O4/c1-5-15(4)23-28-20-8-6-17(25)11-19(20)24(31)29(23)27-12-16-10-18(26)7-9-21(16)32-13-22(30)33-14(2)3/h6-12,14-15H,5,13H2,1-4H3/t15-/m1/s1. The zero-order valence-corrected chi connectivity index (χ0v) is 21.2. The molecule has 1 heterocycles. The van der Waals surface area contributed by atoms with E-state index < -0.39 is 5.97 Å². The minimum absolute atomic E-state index is 0.00350. The van der Waals surface area contributed by atoms with Gasteiger partial charge in [-0.1, -0.05) is 41.4 Å². The van der Waals surface area contributed by atoms with Gasteiger partial charge in [-0.25, -0.2) is 9.78 Å². The molecule has 0 bridgehead atoms. The van der Waals surface area contributed by atoms with E-state index in [2.05, 4.69) is 21.0 Å². The van der Waals surface area contributed by atoms with Crippen molar-refractivity contribution in [3.05, 3.63) is 67.6 Å². The van der Waals surface area contributed by atoms with Crippen LogP contribution in [0.15, 0.2) is 50.8 Å². The first kappa shape index (κ1) is 24.9. The molecular formula is C24H25BrClN3O4. The number of esters is 1. The van der Waals surface area contributed by atoms with Gasteiger partial charge in [0.05, 0.1) is 23.2 Å². The van der Waals surface area contributed by atoms with Crippen LogP contribution in [0.25, 0.3) is 10.9 Å². The third-order valence-electron chi connectivity index (χ3n) is 4.88. The Morgan fingerprint density at radius 2 is 2.00 bits per heavy atom. The van der Waals surface area contributed by atoms with Crippen LogP contribution in [0.4, 0.5) is 0 Å². The largest absolute Gasteiger partial charge is 0.481 e. The van der Waals surface area contributed by atoms with Crippen molar-refractivity contribution >= 4 is 50.6 Å². The van der Waals surface area contributed by atoms with E-state index in [0.29, 0.717) is 33.1 Å². The van der Waals surface area contributed by atoms with E-state index in [4.69, 9.17) is 26.1 Å². The van der Waals surface area contributed by atoms with Crippen molar-refractivity contribution in [3.63, 3.8) is 0 Å². The summed E-state index contributed by atoms with van der Waals surface area (Å²) < 4.78 is 12.8. The number of hydrogen-bond acceptors (Lipinski definition) is 6. The molecule has 0 aliphatic heterocycles. The number of aromatic nitrogens is 2. The van der Waals surface area contributed by atoms with Gasteiger partial charge in [-0.2, -0.15) is 9.78 Å². The number of rotatable bonds is 8. The molecule has 0 spiro atoms. The number of nitrogens with zero attached hydrogens (tertiary/aromatic N) is 3. The third-order valence-corrected chi connectivity index (χ3v) is 5.61. The highest BCUT2D eigenvalue weighted by atomic mass is 79.9. The average molecular weight is 535 g/mol. The molecule has 0 fully saturated rings. The summed E-state index contributed by atoms with van der Waals surface area (Å²) in [4.78, 5) is 29.8. The van der Waals surface area contributed by atoms with E-state index in [9.17, 15) is 9.59 Å². The molecule has 0 saturated heterocycles. The van der Waals surface area contributed by atoms with Crippen LogP contribution >= 0.6 is 27.5 Å². The summed E-state index contributed by atoms with van der Waals surface area (Å²) in [5, 5.41) is 5.36. The van der Waals surface area contributed by atoms with E-state index in [1.807, 2.05) is 19.9 Å². The molecule has 174 valence electrons. The van der Waals surface area contributed by atoms with E-state index in [0.717, 1.165) is 10.9 Å². The predicted molar refractivity (Wildman–Crippen MR) is 134 cm³/mol. The van der Waals surface area contributed by atoms with Gasteiger partial charge in [0.2, 0.25) is 0 Å². The monoisotopic (exact) mass is 533 g/mol. The molecule has 3 aromatic rings. The van der Waals surface area contributed by atoms with Gasteiger partial charge in [0.1, 0.15) is 11.6 Å². The number of halogens is 2. The van der Waals surface area contributed by atoms with Crippen LogP contribution in [0.2, 0.25) is 5.02 Å². The molecule has 7 nitrogen and oxygen atoms in total. The first-order valence-corrected chi connectivity index (χ1v) is 11.7. The lowest BCUT2D eigenvalue weighted by Gasteiger charge is -2.14. The zero-order chi connectivity index (χ0) is 24.1. The minimum Gasteiger partial charge on any atom is -0.481 e. The Hall–Kier alpha value is -2.71. The molecule has 2 aromatic carbocycles. The summed E-state index contributed by atoms with van der Waals surface area (Å²) in [7, 11) is 0. The van der Waals surface area contributed by atoms with Crippen molar-refractivity contribution in [3.8, 4) is 5.75 Å². The van der Waals surface area contributed by atoms with Gasteiger partial charge in [-0.05, 0) is 56.7 Å². The molecule has 1 atom stereocenters. The van der Waals surface area contributed by atoms with Gasteiger partial charge >= 0.3 is 5.97 Å². The van der Waals surface area contributed by atoms with Crippen molar-refractivity contribution in [1.82, 2.24) is 9.66 Å². The summed E-state index contributed by atoms with van der Waals surface area (Å²) in [5.74, 6) is 0.461. The molecular weight excluding hydrogens is 510 g/mol. The number of hydrogen-bond donors (Lipinski definition) is 0. The van der Waals surface area contributed by atoms with Gasteiger partial charge in [-0.3, -0.25) is 4.79 Å². The van der Waals surface area contributed by atoms with E-state index in [1.165, 1.54) is 10.9 Å². The first-order valence-electron chi connectivity index (χ1n) is 10.6. The Morgan fingerprint density at radius 1 is 1.24 bits per heavy atom. The summed E-state index contributed by atoms with van der Waals surface area (Å²) in [6, 6.07) is 10.3. The van der Waals surface area contributed by atoms with Crippen LogP contribution in [-0.2, 0) is 9.53 Å². The normalized spacial score (nSPS) is 12.5. The number of carbonyl (C=O) groups is 1. The van der Waals surface area contributed by atoms with Crippen LogP contribution in [0.3, 0.4) is 0 Å². The average Bonchev–Trinajstić information content (AvgIpc) is 2.77. The quantitative estimate of drug-likeness (QED) is 0.280. The molecule has 1 aromatic heterocycles. The van der Waals surface area contributed by atoms with E-state index in [-0.39, 0.29) is 24.2 Å². The SMILES string of the molecule is CC[C@@H](C)c1nc2ccc(Br)cc2c(=O)n1N=Cc1cc(Cl)ccc1OCC(=O)OC(C)C. The fraction of sp³-hybridized carbons (Fsp3) is 0.333. The summed E-state index contributed by atoms with van der Waals surface area (Å²) in [5.41, 5.74) is 0.842. The molecule has 0 radical (unpaired) electrons. The molecule has 0 unspecified atom stereocenters. The maximum Gasteiger partial charge on any atom is 0.344 e. The van der Waals surface area contributed by atoms with Crippen LogP contribution in [0, 0.1) is 0 Å². The third kappa shape index (κ3) is 6.21. The fourth-order valence-corrected chi connectivity index (χ4v) is 3.63. The molecule has 9 heteroatoms. The van der Waals surface area contributed by atoms with Crippen LogP contribution < -0.4 is 10.3 Å². The Bertz CT molecular complexity index is 1260. The van der Waals surface area contributed by atoms with Crippen molar-refractivity contribution in [2.75, 3.05) is 6.61 Å². The Labute approximate surface area is 205 Å². The van der Waals surface area contributed by atoms with Crippen LogP contribution in [-0.4, -0.2) is 34.6 Å². The second kappa shape index (κ2) is 10.9. The maximum absolute atomic E-state index is 13.3. The summed E-state index contributed by atoms with van der Waals surface area (Å²) in [6.07, 6.45) is 2.03. The molecule has 0 saturated carbocycles. The van der Waals surface area contributed by atoms with Crippen molar-refractivity contribution in [1.29, 1.82) is 0 Å². The lowest BCUT2D eigenvalue weighted by molar-refractivity contribution is -0.149. The van der Waals surface area contributed by atoms with Crippen LogP contribution in [0.1, 0.15) is 51.4 Å². The lowest BCUT2D eigenvalue weighted by Crippen LogP contribution is -2.24. The topological polar surface area (TPSA) is 82.8 Å². The van der Waals surface area contributed by atoms with Gasteiger partial charge in [0.15, 0.2) is 6.61 Å². The highest BCUT2D eigenvalue weighted by Crippen LogP contribution is 2.23. The molecule has 0 aliphatic carbocycles. The zero-order valence-electron chi connectivity index (χ0n) is 18.8. The van der Waals surface area contributed by atoms with E-state index >= 15 is 0 Å². The lowest BCUT2D eigenvalue weighted by atomic mass is 10.1. The Balaban J connectivity index is 2.03. The molecule has 0 amide bonds. The van der Waals surface area contributed by atoms with Crippen molar-refractivity contribution < 1.29 is 14.3 Å². The van der Waals surface area contributed by atoms with Crippen LogP contribution in [0.5, 0.6) is 5.75 Å². The predicted octanol–water partition coefficient (Wildman–Crippen LogP) is 5.54. The van der Waals surface area contributed by atoms with Gasteiger partial charge in [0.25, 0.3) is 5.56 Å². The number of benzene rings is 2. The summed E-state index contributed by atoms with van der Waals surface area (Å²) >= 11 is 9.57. The highest BCUT2D eigenvalue weighted by molar-refractivity contribution is 9.10. The highest BCUT2D eigenvalue weighted by Gasteiger charge is 2.16. The maximum atomic E-state index is 13.3. The number of ether oxygens (including phenoxy) is 2. The molecule has 0 N–H and O–H groups in total. The Kier molecular flexibility index (Phi) is 8.26. The van der Waals surface area contributed by atoms with Crippen molar-refractivity contribution in [2.24, 2.45) is 5.10 Å². The number of fused-ring (bicyclic) bond motifs is 1. The van der Waals surface area contributed by atoms with Gasteiger partial charge < -0.3 is 9.47 Å². The van der Waals surface area contributed by atoms with Crippen molar-refractivity contribution in [2.45, 2.75) is 46.1 Å². The van der Waals surface area contributed by atoms with E-state index in [1.54, 1.807) is 44.2 Å². The minimum atomic E-state index is -0.484. The first-order chi connectivity index (χ1) is 15.7. The summed E-state index contributed by atoms with van der Waals surface area (Å²) in [6.45, 7) is 7.29. The second-order valence-electron chi connectivity index (χ2n) is 7.81. The molecule has 0 aliphatic rings. The fourth-order valence-electron chi connectivity index (χ4n) is 3.08. The van der Waals surface area contributed by atoms with Gasteiger partial charge in [0, 0.05) is 21.0 Å². The smallest absolute Gasteiger partial charge is 0.344 e. The van der Waals surface area contributed by atoms with Gasteiger partial charge in [-0.15, -0.1) is 0 Å². The Morgan fingerprint density at radius 3 is 2.70 bits per heavy atom. The second-order valence-corrected chi connectivity index (χ2v) is 9.16. The molecule has 33 heavy (non-hydrogen) atoms. The number of carbonyl (C=O) groups excluding carboxylic acids is 1.